The number of aliphatic hydroxyl groups is 2. The number of aliphatic hydroxyl groups excluding tert-OH is 2. The van der Waals surface area contributed by atoms with Crippen LogP contribution in [-0.2, 0) is 9.59 Å². The van der Waals surface area contributed by atoms with E-state index in [9.17, 15) is 29.7 Å². The van der Waals surface area contributed by atoms with E-state index in [0.29, 0.717) is 12.0 Å². The van der Waals surface area contributed by atoms with Crippen LogP contribution in [0, 0.1) is 11.8 Å². The third-order valence-corrected chi connectivity index (χ3v) is 6.15. The summed E-state index contributed by atoms with van der Waals surface area (Å²) >= 11 is 0. The largest absolute Gasteiger partial charge is 0.507 e. The lowest BCUT2D eigenvalue weighted by molar-refractivity contribution is -0.146. The maximum absolute atomic E-state index is 12.3. The molecule has 0 aromatic heterocycles. The Hall–Kier alpha value is -4.01. The second kappa shape index (κ2) is 16.1. The van der Waals surface area contributed by atoms with Gasteiger partial charge in [-0.25, -0.2) is 0 Å². The molecule has 2 aromatic rings. The van der Waals surface area contributed by atoms with Crippen LogP contribution in [-0.4, -0.2) is 59.6 Å². The number of Topliss-reactive ketones (excluding diaryl/α,β-unsaturated/α-hetero) is 1. The number of benzene rings is 2. The van der Waals surface area contributed by atoms with Gasteiger partial charge in [0.05, 0.1) is 26.2 Å². The molecule has 4 atom stereocenters. The van der Waals surface area contributed by atoms with Crippen LogP contribution < -0.4 is 9.47 Å². The molecule has 0 spiro atoms. The van der Waals surface area contributed by atoms with Gasteiger partial charge in [0.1, 0.15) is 35.2 Å². The van der Waals surface area contributed by atoms with E-state index in [2.05, 4.69) is 6.92 Å². The molecule has 1 aliphatic carbocycles. The van der Waals surface area contributed by atoms with Crippen molar-refractivity contribution in [2.75, 3.05) is 14.2 Å². The number of aromatic hydroxyl groups is 1. The van der Waals surface area contributed by atoms with Crippen LogP contribution >= 0.6 is 0 Å². The molecule has 0 heterocycles. The third kappa shape index (κ3) is 9.05. The van der Waals surface area contributed by atoms with Crippen LogP contribution in [0.3, 0.4) is 0 Å². The van der Waals surface area contributed by atoms with Crippen molar-refractivity contribution >= 4 is 23.9 Å². The maximum atomic E-state index is 12.3. The average Bonchev–Trinajstić information content (AvgIpc) is 2.95. The van der Waals surface area contributed by atoms with Gasteiger partial charge < -0.3 is 29.6 Å². The van der Waals surface area contributed by atoms with E-state index in [0.717, 1.165) is 18.4 Å². The minimum atomic E-state index is -1.43. The molecule has 1 aliphatic rings. The number of carbonyl (C=O) groups excluding carboxylic acids is 3. The number of allylic oxidation sites excluding steroid dienone is 5. The van der Waals surface area contributed by atoms with Crippen molar-refractivity contribution in [1.29, 1.82) is 0 Å². The van der Waals surface area contributed by atoms with Gasteiger partial charge in [-0.3, -0.25) is 9.59 Å². The van der Waals surface area contributed by atoms with Gasteiger partial charge in [0.2, 0.25) is 0 Å². The maximum Gasteiger partial charge on any atom is 0.193 e. The first-order chi connectivity index (χ1) is 18.8. The van der Waals surface area contributed by atoms with Gasteiger partial charge in [0.15, 0.2) is 11.6 Å². The smallest absolute Gasteiger partial charge is 0.193 e. The van der Waals surface area contributed by atoms with E-state index in [-0.39, 0.29) is 35.2 Å². The molecule has 0 radical (unpaired) electrons. The monoisotopic (exact) mass is 536 g/mol. The minimum Gasteiger partial charge on any atom is -0.507 e. The second-order valence-corrected chi connectivity index (χ2v) is 8.91. The fourth-order valence-corrected chi connectivity index (χ4v) is 3.99. The van der Waals surface area contributed by atoms with E-state index >= 15 is 0 Å². The zero-order valence-corrected chi connectivity index (χ0v) is 22.4. The molecule has 2 aromatic carbocycles. The first kappa shape index (κ1) is 31.2. The summed E-state index contributed by atoms with van der Waals surface area (Å²) in [5, 5.41) is 28.9. The van der Waals surface area contributed by atoms with Crippen molar-refractivity contribution < 1.29 is 39.2 Å². The highest BCUT2D eigenvalue weighted by molar-refractivity contribution is 6.10. The van der Waals surface area contributed by atoms with E-state index < -0.39 is 23.9 Å². The molecular weight excluding hydrogens is 500 g/mol. The van der Waals surface area contributed by atoms with Crippen molar-refractivity contribution in [3.05, 3.63) is 84.0 Å². The van der Waals surface area contributed by atoms with Gasteiger partial charge in [0, 0.05) is 12.1 Å². The first-order valence-electron chi connectivity index (χ1n) is 12.7. The number of methoxy groups -OCH3 is 2. The Kier molecular flexibility index (Phi) is 12.9. The third-order valence-electron chi connectivity index (χ3n) is 6.15. The number of rotatable bonds is 10. The van der Waals surface area contributed by atoms with Crippen LogP contribution in [0.5, 0.6) is 17.2 Å². The molecule has 8 heteroatoms. The van der Waals surface area contributed by atoms with E-state index in [4.69, 9.17) is 9.47 Å². The summed E-state index contributed by atoms with van der Waals surface area (Å²) in [6, 6.07) is 12.4. The predicted octanol–water partition coefficient (Wildman–Crippen LogP) is 4.33. The van der Waals surface area contributed by atoms with Gasteiger partial charge >= 0.3 is 0 Å². The summed E-state index contributed by atoms with van der Waals surface area (Å²) in [5.74, 6) is -1.58. The minimum absolute atomic E-state index is 0.116. The van der Waals surface area contributed by atoms with Gasteiger partial charge in [-0.05, 0) is 30.4 Å². The lowest BCUT2D eigenvalue weighted by Crippen LogP contribution is -2.47. The van der Waals surface area contributed by atoms with Gasteiger partial charge in [-0.15, -0.1) is 0 Å². The summed E-state index contributed by atoms with van der Waals surface area (Å²) in [5.41, 5.74) is 1.02. The summed E-state index contributed by atoms with van der Waals surface area (Å²) < 4.78 is 10.2. The summed E-state index contributed by atoms with van der Waals surface area (Å²) in [4.78, 5) is 34.8. The SMILES string of the molecule is CCCC=CC=CC1CC(O)C(O)C(=O)C1C=O.COc1cc(O)c(C(=O)C=Cc2ccccc2)c(OC)c1. The van der Waals surface area contributed by atoms with Crippen molar-refractivity contribution in [3.8, 4) is 17.2 Å². The number of hydrogen-bond donors (Lipinski definition) is 3. The van der Waals surface area contributed by atoms with Crippen molar-refractivity contribution in [1.82, 2.24) is 0 Å². The van der Waals surface area contributed by atoms with E-state index in [1.165, 1.54) is 26.4 Å². The number of carbonyl (C=O) groups is 3. The van der Waals surface area contributed by atoms with Gasteiger partial charge in [-0.2, -0.15) is 0 Å². The standard InChI is InChI=1S/C17H16O4.C14H20O4/c1-20-13-10-15(19)17(16(11-13)21-2)14(18)9-8-12-6-4-3-5-7-12;1-2-3-4-5-6-7-10-8-12(16)14(18)13(17)11(10)9-15/h3-11,19H,1-2H3;4-7,9-12,14,16,18H,2-3,8H2,1H3. The van der Waals surface area contributed by atoms with Crippen LogP contribution in [0.1, 0.15) is 42.1 Å². The molecule has 1 saturated carbocycles. The topological polar surface area (TPSA) is 130 Å². The molecule has 3 N–H and O–H groups in total. The highest BCUT2D eigenvalue weighted by Crippen LogP contribution is 2.34. The molecule has 3 rings (SSSR count). The average molecular weight is 537 g/mol. The number of ketones is 2. The fourth-order valence-electron chi connectivity index (χ4n) is 3.99. The molecule has 39 heavy (non-hydrogen) atoms. The van der Waals surface area contributed by atoms with Crippen molar-refractivity contribution in [3.63, 3.8) is 0 Å². The Morgan fingerprint density at radius 3 is 2.41 bits per heavy atom. The van der Waals surface area contributed by atoms with Crippen molar-refractivity contribution in [2.24, 2.45) is 11.8 Å². The van der Waals surface area contributed by atoms with E-state index in [1.807, 2.05) is 42.5 Å². The van der Waals surface area contributed by atoms with E-state index in [1.54, 1.807) is 24.3 Å². The number of unbranched alkanes of at least 4 members (excludes halogenated alkanes) is 1. The van der Waals surface area contributed by atoms with Crippen LogP contribution in [0.15, 0.2) is 72.8 Å². The highest BCUT2D eigenvalue weighted by Gasteiger charge is 2.41. The van der Waals surface area contributed by atoms with Crippen LogP contribution in [0.2, 0.25) is 0 Å². The highest BCUT2D eigenvalue weighted by atomic mass is 16.5. The van der Waals surface area contributed by atoms with Crippen LogP contribution in [0.25, 0.3) is 6.08 Å². The van der Waals surface area contributed by atoms with Crippen molar-refractivity contribution in [2.45, 2.75) is 38.4 Å². The molecule has 0 aliphatic heterocycles. The quantitative estimate of drug-likeness (QED) is 0.135. The summed E-state index contributed by atoms with van der Waals surface area (Å²) in [6.07, 6.45) is 10.8. The normalized spacial score (nSPS) is 21.1. The van der Waals surface area contributed by atoms with Crippen LogP contribution in [0.4, 0.5) is 0 Å². The molecular formula is C31H36O8. The number of phenolic OH excluding ortho intramolecular Hbond substituents is 1. The predicted molar refractivity (Wildman–Crippen MR) is 149 cm³/mol. The second-order valence-electron chi connectivity index (χ2n) is 8.91. The molecule has 0 saturated heterocycles. The van der Waals surface area contributed by atoms with Gasteiger partial charge in [0.25, 0.3) is 0 Å². The number of phenols is 1. The molecule has 0 amide bonds. The molecule has 208 valence electrons. The Balaban J connectivity index is 0.000000277. The molecule has 4 unspecified atom stereocenters. The Bertz CT molecular complexity index is 1180. The zero-order valence-electron chi connectivity index (χ0n) is 22.4. The summed E-state index contributed by atoms with van der Waals surface area (Å²) in [6.45, 7) is 2.08. The number of ether oxygens (including phenoxy) is 2. The van der Waals surface area contributed by atoms with Gasteiger partial charge in [-0.1, -0.05) is 74.1 Å². The molecule has 8 nitrogen and oxygen atoms in total. The number of hydrogen-bond acceptors (Lipinski definition) is 8. The molecule has 0 bridgehead atoms. The summed E-state index contributed by atoms with van der Waals surface area (Å²) in [7, 11) is 2.91. The Morgan fingerprint density at radius 1 is 1.08 bits per heavy atom. The fraction of sp³-hybridized carbons (Fsp3) is 0.323. The first-order valence-corrected chi connectivity index (χ1v) is 12.7. The number of aldehydes is 1. The zero-order chi connectivity index (χ0) is 28.8. The Labute approximate surface area is 228 Å². The molecule has 1 fully saturated rings. The lowest BCUT2D eigenvalue weighted by atomic mass is 9.76. The lowest BCUT2D eigenvalue weighted by Gasteiger charge is -2.31. The Morgan fingerprint density at radius 2 is 1.79 bits per heavy atom.